The third-order valence-corrected chi connectivity index (χ3v) is 4.79. The van der Waals surface area contributed by atoms with Crippen LogP contribution in [-0.2, 0) is 11.2 Å². The van der Waals surface area contributed by atoms with E-state index in [4.69, 9.17) is 17.0 Å². The fraction of sp³-hybridized carbons (Fsp3) is 0.650. The van der Waals surface area contributed by atoms with E-state index in [1.54, 1.807) is 4.90 Å². The molecule has 0 aliphatic carbocycles. The highest BCUT2D eigenvalue weighted by molar-refractivity contribution is 7.80. The van der Waals surface area contributed by atoms with Gasteiger partial charge >= 0.3 is 0 Å². The second-order valence-electron chi connectivity index (χ2n) is 7.43. The standard InChI is InChI=1S/C20H33N3OS/c1-4-5-6-17-7-9-18(10-8-17)22-20(25)21-13-19-15-23(11-12-24-19)14-16(2)3/h7-10,16,19H,4-6,11-15H2,1-3H3,(H2,21,22,25)/p+1/t19-/m1/s1. The number of hydrogen-bond donors (Lipinski definition) is 3. The highest BCUT2D eigenvalue weighted by atomic mass is 32.1. The Morgan fingerprint density at radius 1 is 1.32 bits per heavy atom. The van der Waals surface area contributed by atoms with Gasteiger partial charge in [-0.25, -0.2) is 0 Å². The topological polar surface area (TPSA) is 37.7 Å². The Morgan fingerprint density at radius 3 is 2.76 bits per heavy atom. The molecule has 1 heterocycles. The summed E-state index contributed by atoms with van der Waals surface area (Å²) in [6, 6.07) is 8.56. The Bertz CT molecular complexity index is 518. The molecule has 0 radical (unpaired) electrons. The van der Waals surface area contributed by atoms with Gasteiger partial charge in [-0.1, -0.05) is 39.3 Å². The summed E-state index contributed by atoms with van der Waals surface area (Å²) in [6.45, 7) is 11.8. The van der Waals surface area contributed by atoms with E-state index in [1.807, 2.05) is 0 Å². The maximum atomic E-state index is 5.87. The molecule has 3 N–H and O–H groups in total. The van der Waals surface area contributed by atoms with Crippen molar-refractivity contribution in [3.8, 4) is 0 Å². The molecule has 5 heteroatoms. The zero-order valence-electron chi connectivity index (χ0n) is 15.9. The van der Waals surface area contributed by atoms with Crippen LogP contribution >= 0.6 is 12.2 Å². The molecule has 0 amide bonds. The fourth-order valence-electron chi connectivity index (χ4n) is 3.26. The third kappa shape index (κ3) is 7.72. The van der Waals surface area contributed by atoms with Gasteiger partial charge in [0.25, 0.3) is 0 Å². The van der Waals surface area contributed by atoms with Crippen LogP contribution in [0, 0.1) is 5.92 Å². The van der Waals surface area contributed by atoms with Crippen LogP contribution in [0.1, 0.15) is 39.2 Å². The van der Waals surface area contributed by atoms with Crippen molar-refractivity contribution >= 4 is 23.0 Å². The number of rotatable bonds is 8. The van der Waals surface area contributed by atoms with Crippen molar-refractivity contribution in [2.75, 3.05) is 38.1 Å². The maximum Gasteiger partial charge on any atom is 0.170 e. The van der Waals surface area contributed by atoms with Crippen LogP contribution in [0.2, 0.25) is 0 Å². The summed E-state index contributed by atoms with van der Waals surface area (Å²) >= 11 is 5.42. The Hall–Kier alpha value is -1.17. The summed E-state index contributed by atoms with van der Waals surface area (Å²) in [5.41, 5.74) is 2.42. The number of nitrogens with one attached hydrogen (secondary N) is 3. The van der Waals surface area contributed by atoms with Crippen molar-refractivity contribution in [1.82, 2.24) is 5.32 Å². The van der Waals surface area contributed by atoms with Gasteiger partial charge in [-0.05, 0) is 42.8 Å². The number of hydrogen-bond acceptors (Lipinski definition) is 2. The first-order valence-corrected chi connectivity index (χ1v) is 10.1. The number of ether oxygens (including phenoxy) is 1. The van der Waals surface area contributed by atoms with Crippen molar-refractivity contribution in [2.24, 2.45) is 5.92 Å². The van der Waals surface area contributed by atoms with E-state index in [1.165, 1.54) is 24.9 Å². The predicted octanol–water partition coefficient (Wildman–Crippen LogP) is 2.26. The number of unbranched alkanes of at least 4 members (excludes halogenated alkanes) is 1. The normalized spacial score (nSPS) is 20.5. The molecule has 1 aromatic rings. The lowest BCUT2D eigenvalue weighted by molar-refractivity contribution is -0.914. The van der Waals surface area contributed by atoms with Gasteiger partial charge in [0.15, 0.2) is 5.11 Å². The van der Waals surface area contributed by atoms with Gasteiger partial charge in [0.1, 0.15) is 19.2 Å². The van der Waals surface area contributed by atoms with E-state index in [0.29, 0.717) is 5.11 Å². The van der Waals surface area contributed by atoms with Crippen LogP contribution in [-0.4, -0.2) is 44.0 Å². The van der Waals surface area contributed by atoms with E-state index in [-0.39, 0.29) is 6.10 Å². The van der Waals surface area contributed by atoms with Gasteiger partial charge in [-0.2, -0.15) is 0 Å². The monoisotopic (exact) mass is 364 g/mol. The van der Waals surface area contributed by atoms with Gasteiger partial charge in [0, 0.05) is 18.2 Å². The Labute approximate surface area is 158 Å². The summed E-state index contributed by atoms with van der Waals surface area (Å²) in [4.78, 5) is 1.63. The van der Waals surface area contributed by atoms with Crippen molar-refractivity contribution in [3.05, 3.63) is 29.8 Å². The van der Waals surface area contributed by atoms with Gasteiger partial charge in [-0.15, -0.1) is 0 Å². The number of aryl methyl sites for hydroxylation is 1. The molecule has 2 atom stereocenters. The third-order valence-electron chi connectivity index (χ3n) is 4.54. The zero-order chi connectivity index (χ0) is 18.1. The van der Waals surface area contributed by atoms with E-state index in [2.05, 4.69) is 55.7 Å². The highest BCUT2D eigenvalue weighted by Gasteiger charge is 2.24. The van der Waals surface area contributed by atoms with Crippen molar-refractivity contribution < 1.29 is 9.64 Å². The molecule has 140 valence electrons. The molecule has 1 saturated heterocycles. The van der Waals surface area contributed by atoms with Crippen LogP contribution in [0.4, 0.5) is 5.69 Å². The first-order valence-electron chi connectivity index (χ1n) is 9.65. The summed E-state index contributed by atoms with van der Waals surface area (Å²) < 4.78 is 5.87. The molecular weight excluding hydrogens is 330 g/mol. The lowest BCUT2D eigenvalue weighted by Gasteiger charge is -2.31. The van der Waals surface area contributed by atoms with Gasteiger partial charge < -0.3 is 20.3 Å². The van der Waals surface area contributed by atoms with Gasteiger partial charge in [0.2, 0.25) is 0 Å². The summed E-state index contributed by atoms with van der Waals surface area (Å²) in [5, 5.41) is 7.24. The van der Waals surface area contributed by atoms with Gasteiger partial charge in [-0.3, -0.25) is 0 Å². The molecule has 4 nitrogen and oxygen atoms in total. The fourth-order valence-corrected chi connectivity index (χ4v) is 3.47. The molecule has 0 aromatic heterocycles. The minimum atomic E-state index is 0.235. The van der Waals surface area contributed by atoms with Crippen LogP contribution < -0.4 is 15.5 Å². The molecule has 2 rings (SSSR count). The maximum absolute atomic E-state index is 5.87. The molecular formula is C20H34N3OS+. The summed E-state index contributed by atoms with van der Waals surface area (Å²) in [5.74, 6) is 0.727. The van der Waals surface area contributed by atoms with Crippen molar-refractivity contribution in [1.29, 1.82) is 0 Å². The molecule has 1 fully saturated rings. The van der Waals surface area contributed by atoms with Crippen LogP contribution in [0.5, 0.6) is 0 Å². The van der Waals surface area contributed by atoms with Crippen LogP contribution in [0.25, 0.3) is 0 Å². The van der Waals surface area contributed by atoms with E-state index >= 15 is 0 Å². The Morgan fingerprint density at radius 2 is 2.08 bits per heavy atom. The quantitative estimate of drug-likeness (QED) is 0.619. The summed E-state index contributed by atoms with van der Waals surface area (Å²) in [7, 11) is 0. The van der Waals surface area contributed by atoms with Crippen molar-refractivity contribution in [2.45, 2.75) is 46.1 Å². The second-order valence-corrected chi connectivity index (χ2v) is 7.84. The Kier molecular flexibility index (Phi) is 8.65. The summed E-state index contributed by atoms with van der Waals surface area (Å²) in [6.07, 6.45) is 3.85. The Balaban J connectivity index is 1.71. The molecule has 25 heavy (non-hydrogen) atoms. The lowest BCUT2D eigenvalue weighted by atomic mass is 10.1. The van der Waals surface area contributed by atoms with Crippen LogP contribution in [0.15, 0.2) is 24.3 Å². The minimum Gasteiger partial charge on any atom is -0.365 e. The molecule has 0 bridgehead atoms. The molecule has 1 unspecified atom stereocenters. The molecule has 1 aromatic carbocycles. The number of thiocarbonyl (C=S) groups is 1. The molecule has 0 saturated carbocycles. The number of benzene rings is 1. The molecule has 1 aliphatic rings. The van der Waals surface area contributed by atoms with Crippen LogP contribution in [0.3, 0.4) is 0 Å². The van der Waals surface area contributed by atoms with Crippen molar-refractivity contribution in [3.63, 3.8) is 0 Å². The first kappa shape index (κ1) is 20.1. The minimum absolute atomic E-state index is 0.235. The zero-order valence-corrected chi connectivity index (χ0v) is 16.8. The smallest absolute Gasteiger partial charge is 0.170 e. The first-order chi connectivity index (χ1) is 12.1. The second kappa shape index (κ2) is 10.7. The predicted molar refractivity (Wildman–Crippen MR) is 109 cm³/mol. The highest BCUT2D eigenvalue weighted by Crippen LogP contribution is 2.11. The molecule has 1 aliphatic heterocycles. The van der Waals surface area contributed by atoms with E-state index in [9.17, 15) is 0 Å². The van der Waals surface area contributed by atoms with Gasteiger partial charge in [0.05, 0.1) is 13.2 Å². The molecule has 0 spiro atoms. The van der Waals surface area contributed by atoms with E-state index in [0.717, 1.165) is 44.3 Å². The lowest BCUT2D eigenvalue weighted by Crippen LogP contribution is -3.15. The largest absolute Gasteiger partial charge is 0.365 e. The number of morpholine rings is 1. The number of quaternary nitrogens is 1. The average molecular weight is 365 g/mol. The average Bonchev–Trinajstić information content (AvgIpc) is 2.59. The SMILES string of the molecule is CCCCc1ccc(NC(=S)NC[C@@H]2C[NH+](CC(C)C)CCO2)cc1. The number of anilines is 1. The van der Waals surface area contributed by atoms with E-state index < -0.39 is 0 Å².